The molecule has 4 nitrogen and oxygen atoms in total. The van der Waals surface area contributed by atoms with Gasteiger partial charge in [-0.25, -0.2) is 0 Å². The van der Waals surface area contributed by atoms with Crippen LogP contribution in [0.1, 0.15) is 47.0 Å². The van der Waals surface area contributed by atoms with Crippen LogP contribution in [0.2, 0.25) is 0 Å². The second kappa shape index (κ2) is 6.63. The lowest BCUT2D eigenvalue weighted by Gasteiger charge is -2.43. The molecule has 1 aliphatic heterocycles. The molecular formula is C17H28N2O2. The molecule has 1 N–H and O–H groups in total. The van der Waals surface area contributed by atoms with Gasteiger partial charge < -0.3 is 10.2 Å². The zero-order valence-corrected chi connectivity index (χ0v) is 13.6. The topological polar surface area (TPSA) is 49.4 Å². The summed E-state index contributed by atoms with van der Waals surface area (Å²) in [6.07, 6.45) is 7.62. The highest BCUT2D eigenvalue weighted by Gasteiger charge is 2.43. The van der Waals surface area contributed by atoms with Crippen LogP contribution in [-0.2, 0) is 9.59 Å². The van der Waals surface area contributed by atoms with Crippen LogP contribution in [0.4, 0.5) is 0 Å². The minimum atomic E-state index is -0.369. The molecule has 3 atom stereocenters. The maximum absolute atomic E-state index is 12.8. The third kappa shape index (κ3) is 3.47. The van der Waals surface area contributed by atoms with Crippen LogP contribution in [0, 0.1) is 17.8 Å². The van der Waals surface area contributed by atoms with Crippen molar-refractivity contribution in [2.45, 2.75) is 59.0 Å². The van der Waals surface area contributed by atoms with E-state index >= 15 is 0 Å². The van der Waals surface area contributed by atoms with Gasteiger partial charge in [0, 0.05) is 6.54 Å². The highest BCUT2D eigenvalue weighted by atomic mass is 16.2. The van der Waals surface area contributed by atoms with E-state index in [1.165, 1.54) is 0 Å². The summed E-state index contributed by atoms with van der Waals surface area (Å²) in [6, 6.07) is -0.690. The van der Waals surface area contributed by atoms with Gasteiger partial charge in [-0.15, -0.1) is 0 Å². The maximum Gasteiger partial charge on any atom is 0.246 e. The van der Waals surface area contributed by atoms with Gasteiger partial charge in [0.05, 0.1) is 0 Å². The number of piperazine rings is 1. The van der Waals surface area contributed by atoms with Crippen LogP contribution in [0.25, 0.3) is 0 Å². The van der Waals surface area contributed by atoms with Gasteiger partial charge in [0.1, 0.15) is 12.1 Å². The Morgan fingerprint density at radius 1 is 1.19 bits per heavy atom. The summed E-state index contributed by atoms with van der Waals surface area (Å²) in [5.74, 6) is 0.857. The molecule has 1 fully saturated rings. The average molecular weight is 292 g/mol. The summed E-state index contributed by atoms with van der Waals surface area (Å²) in [4.78, 5) is 27.1. The molecule has 118 valence electrons. The van der Waals surface area contributed by atoms with Gasteiger partial charge in [-0.05, 0) is 37.0 Å². The molecule has 2 aliphatic rings. The van der Waals surface area contributed by atoms with Crippen molar-refractivity contribution in [3.8, 4) is 0 Å². The fourth-order valence-electron chi connectivity index (χ4n) is 3.38. The monoisotopic (exact) mass is 292 g/mol. The Kier molecular flexibility index (Phi) is 5.07. The van der Waals surface area contributed by atoms with Gasteiger partial charge in [0.2, 0.25) is 11.8 Å². The number of carbonyl (C=O) groups excluding carboxylic acids is 2. The average Bonchev–Trinajstić information content (AvgIpc) is 2.43. The number of allylic oxidation sites excluding steroid dienone is 2. The number of amides is 2. The minimum absolute atomic E-state index is 0.00894. The number of hydrogen-bond donors (Lipinski definition) is 1. The molecule has 0 aromatic carbocycles. The smallest absolute Gasteiger partial charge is 0.246 e. The lowest BCUT2D eigenvalue weighted by Crippen LogP contribution is -2.66. The largest absolute Gasteiger partial charge is 0.342 e. The summed E-state index contributed by atoms with van der Waals surface area (Å²) in [5.41, 5.74) is 0. The van der Waals surface area contributed by atoms with E-state index in [-0.39, 0.29) is 35.7 Å². The number of carbonyl (C=O) groups is 2. The molecule has 1 saturated heterocycles. The molecule has 0 spiro atoms. The molecule has 21 heavy (non-hydrogen) atoms. The zero-order chi connectivity index (χ0) is 15.6. The van der Waals surface area contributed by atoms with E-state index in [2.05, 4.69) is 17.5 Å². The number of nitrogens with one attached hydrogen (secondary N) is 1. The predicted octanol–water partition coefficient (Wildman–Crippen LogP) is 2.35. The van der Waals surface area contributed by atoms with Crippen LogP contribution in [0.3, 0.4) is 0 Å². The molecule has 0 radical (unpaired) electrons. The van der Waals surface area contributed by atoms with Gasteiger partial charge >= 0.3 is 0 Å². The summed E-state index contributed by atoms with van der Waals surface area (Å²) in [5, 5.41) is 2.92. The number of hydrogen-bond acceptors (Lipinski definition) is 2. The van der Waals surface area contributed by atoms with Crippen LogP contribution < -0.4 is 5.32 Å². The van der Waals surface area contributed by atoms with E-state index in [0.29, 0.717) is 12.5 Å². The van der Waals surface area contributed by atoms with E-state index in [1.807, 2.05) is 32.6 Å². The van der Waals surface area contributed by atoms with E-state index < -0.39 is 0 Å². The van der Waals surface area contributed by atoms with Crippen molar-refractivity contribution in [1.82, 2.24) is 10.2 Å². The highest BCUT2D eigenvalue weighted by Crippen LogP contribution is 2.26. The maximum atomic E-state index is 12.8. The van der Waals surface area contributed by atoms with Gasteiger partial charge in [0.25, 0.3) is 0 Å². The van der Waals surface area contributed by atoms with Crippen molar-refractivity contribution in [1.29, 1.82) is 0 Å². The fraction of sp³-hybridized carbons (Fsp3) is 0.765. The Morgan fingerprint density at radius 3 is 2.43 bits per heavy atom. The molecule has 0 saturated carbocycles. The van der Waals surface area contributed by atoms with Gasteiger partial charge in [-0.1, -0.05) is 39.8 Å². The van der Waals surface area contributed by atoms with Crippen molar-refractivity contribution >= 4 is 11.8 Å². The third-order valence-electron chi connectivity index (χ3n) is 4.58. The lowest BCUT2D eigenvalue weighted by atomic mass is 9.89. The van der Waals surface area contributed by atoms with Gasteiger partial charge in [-0.3, -0.25) is 9.59 Å². The second-order valence-corrected chi connectivity index (χ2v) is 7.06. The minimum Gasteiger partial charge on any atom is -0.342 e. The first-order valence-corrected chi connectivity index (χ1v) is 8.17. The van der Waals surface area contributed by atoms with E-state index in [4.69, 9.17) is 0 Å². The molecule has 0 bridgehead atoms. The van der Waals surface area contributed by atoms with Crippen LogP contribution in [0.15, 0.2) is 12.2 Å². The molecule has 3 unspecified atom stereocenters. The summed E-state index contributed by atoms with van der Waals surface area (Å²) in [6.45, 7) is 8.71. The van der Waals surface area contributed by atoms with E-state index in [1.54, 1.807) is 0 Å². The second-order valence-electron chi connectivity index (χ2n) is 7.06. The Hall–Kier alpha value is -1.32. The van der Waals surface area contributed by atoms with E-state index in [9.17, 15) is 9.59 Å². The van der Waals surface area contributed by atoms with Crippen molar-refractivity contribution in [2.75, 3.05) is 6.54 Å². The van der Waals surface area contributed by atoms with Crippen molar-refractivity contribution in [2.24, 2.45) is 17.8 Å². The fourth-order valence-corrected chi connectivity index (χ4v) is 3.38. The number of nitrogens with zero attached hydrogens (tertiary/aromatic N) is 1. The Morgan fingerprint density at radius 2 is 1.90 bits per heavy atom. The zero-order valence-electron chi connectivity index (χ0n) is 13.6. The molecule has 2 rings (SSSR count). The first-order chi connectivity index (χ1) is 9.91. The van der Waals surface area contributed by atoms with Crippen LogP contribution in [0.5, 0.6) is 0 Å². The summed E-state index contributed by atoms with van der Waals surface area (Å²) in [7, 11) is 0. The summed E-state index contributed by atoms with van der Waals surface area (Å²) < 4.78 is 0. The van der Waals surface area contributed by atoms with Crippen molar-refractivity contribution in [3.05, 3.63) is 12.2 Å². The van der Waals surface area contributed by atoms with Crippen molar-refractivity contribution in [3.63, 3.8) is 0 Å². The summed E-state index contributed by atoms with van der Waals surface area (Å²) >= 11 is 0. The first kappa shape index (κ1) is 16.1. The molecule has 1 heterocycles. The lowest BCUT2D eigenvalue weighted by molar-refractivity contribution is -0.153. The van der Waals surface area contributed by atoms with E-state index in [0.717, 1.165) is 19.3 Å². The third-order valence-corrected chi connectivity index (χ3v) is 4.58. The Bertz CT molecular complexity index is 429. The number of rotatable bonds is 4. The van der Waals surface area contributed by atoms with Crippen LogP contribution >= 0.6 is 0 Å². The first-order valence-electron chi connectivity index (χ1n) is 8.17. The molecular weight excluding hydrogens is 264 g/mol. The molecule has 4 heteroatoms. The van der Waals surface area contributed by atoms with Crippen molar-refractivity contribution < 1.29 is 9.59 Å². The quantitative estimate of drug-likeness (QED) is 0.809. The SMILES string of the molecule is CC(C)C1NC(=O)C(C(C)C)N(CC2CC=CCC2)C1=O. The highest BCUT2D eigenvalue weighted by molar-refractivity contribution is 5.97. The molecule has 0 aromatic heterocycles. The van der Waals surface area contributed by atoms with Crippen LogP contribution in [-0.4, -0.2) is 35.3 Å². The normalized spacial score (nSPS) is 30.2. The Labute approximate surface area is 128 Å². The standard InChI is InChI=1S/C17H28N2O2/c1-11(2)14-17(21)19(10-13-8-6-5-7-9-13)15(12(3)4)16(20)18-14/h5-6,11-15H,7-10H2,1-4H3,(H,18,20). The molecule has 1 aliphatic carbocycles. The molecule has 2 amide bonds. The molecule has 0 aromatic rings. The van der Waals surface area contributed by atoms with Gasteiger partial charge in [0.15, 0.2) is 0 Å². The predicted molar refractivity (Wildman–Crippen MR) is 83.6 cm³/mol. The van der Waals surface area contributed by atoms with Gasteiger partial charge in [-0.2, -0.15) is 0 Å². The Balaban J connectivity index is 2.19.